The van der Waals surface area contributed by atoms with Crippen LogP contribution < -0.4 is 0 Å². The SMILES string of the molecule is Cc1cc(Br)cc(C(=O)CCc2ccnn2C)c1. The number of carbonyl (C=O) groups is 1. The summed E-state index contributed by atoms with van der Waals surface area (Å²) in [5.74, 6) is 0.167. The van der Waals surface area contributed by atoms with Crippen LogP contribution >= 0.6 is 15.9 Å². The molecule has 2 rings (SSSR count). The maximum atomic E-state index is 12.1. The first-order valence-electron chi connectivity index (χ1n) is 5.83. The van der Waals surface area contributed by atoms with Gasteiger partial charge in [0.05, 0.1) is 0 Å². The molecule has 0 saturated heterocycles. The molecule has 1 aromatic heterocycles. The van der Waals surface area contributed by atoms with Crippen molar-refractivity contribution in [3.8, 4) is 0 Å². The zero-order valence-corrected chi connectivity index (χ0v) is 12.1. The second-order valence-corrected chi connectivity index (χ2v) is 5.30. The minimum atomic E-state index is 0.167. The molecular formula is C14H15BrN2O. The summed E-state index contributed by atoms with van der Waals surface area (Å²) in [6, 6.07) is 7.74. The van der Waals surface area contributed by atoms with Crippen LogP contribution in [-0.2, 0) is 13.5 Å². The lowest BCUT2D eigenvalue weighted by molar-refractivity contribution is 0.0982. The summed E-state index contributed by atoms with van der Waals surface area (Å²) in [5, 5.41) is 4.09. The van der Waals surface area contributed by atoms with E-state index in [0.717, 1.165) is 27.7 Å². The van der Waals surface area contributed by atoms with Crippen molar-refractivity contribution < 1.29 is 4.79 Å². The Kier molecular flexibility index (Phi) is 3.97. The van der Waals surface area contributed by atoms with Gasteiger partial charge in [-0.2, -0.15) is 5.10 Å². The van der Waals surface area contributed by atoms with Gasteiger partial charge in [0.2, 0.25) is 0 Å². The van der Waals surface area contributed by atoms with Crippen molar-refractivity contribution in [3.63, 3.8) is 0 Å². The Morgan fingerprint density at radius 1 is 1.39 bits per heavy atom. The largest absolute Gasteiger partial charge is 0.294 e. The van der Waals surface area contributed by atoms with Gasteiger partial charge < -0.3 is 0 Å². The van der Waals surface area contributed by atoms with Gasteiger partial charge in [0.15, 0.2) is 5.78 Å². The third-order valence-corrected chi connectivity index (χ3v) is 3.35. The van der Waals surface area contributed by atoms with Crippen LogP contribution in [0.4, 0.5) is 0 Å². The molecular weight excluding hydrogens is 292 g/mol. The van der Waals surface area contributed by atoms with Gasteiger partial charge >= 0.3 is 0 Å². The molecule has 0 unspecified atom stereocenters. The molecule has 1 aromatic carbocycles. The highest BCUT2D eigenvalue weighted by Crippen LogP contribution is 2.17. The quantitative estimate of drug-likeness (QED) is 0.812. The average Bonchev–Trinajstić information content (AvgIpc) is 2.70. The number of benzene rings is 1. The highest BCUT2D eigenvalue weighted by Gasteiger charge is 2.09. The van der Waals surface area contributed by atoms with Gasteiger partial charge in [0.1, 0.15) is 0 Å². The monoisotopic (exact) mass is 306 g/mol. The van der Waals surface area contributed by atoms with E-state index >= 15 is 0 Å². The molecule has 0 bridgehead atoms. The Morgan fingerprint density at radius 3 is 2.78 bits per heavy atom. The fourth-order valence-electron chi connectivity index (χ4n) is 1.93. The van der Waals surface area contributed by atoms with E-state index in [1.165, 1.54) is 0 Å². The molecule has 2 aromatic rings. The summed E-state index contributed by atoms with van der Waals surface area (Å²) in [6.07, 6.45) is 2.99. The molecule has 4 heteroatoms. The second kappa shape index (κ2) is 5.48. The number of nitrogens with zero attached hydrogens (tertiary/aromatic N) is 2. The van der Waals surface area contributed by atoms with E-state index < -0.39 is 0 Å². The van der Waals surface area contributed by atoms with E-state index in [4.69, 9.17) is 0 Å². The number of aromatic nitrogens is 2. The maximum Gasteiger partial charge on any atom is 0.163 e. The zero-order valence-electron chi connectivity index (χ0n) is 10.5. The Bertz CT molecular complexity index is 555. The van der Waals surface area contributed by atoms with Crippen LogP contribution in [0.5, 0.6) is 0 Å². The van der Waals surface area contributed by atoms with Gasteiger partial charge in [-0.05, 0) is 43.2 Å². The van der Waals surface area contributed by atoms with Gasteiger partial charge in [-0.1, -0.05) is 15.9 Å². The highest BCUT2D eigenvalue weighted by molar-refractivity contribution is 9.10. The predicted octanol–water partition coefficient (Wildman–Crippen LogP) is 3.31. The molecule has 94 valence electrons. The van der Waals surface area contributed by atoms with Gasteiger partial charge in [-0.25, -0.2) is 0 Å². The molecule has 0 N–H and O–H groups in total. The summed E-state index contributed by atoms with van der Waals surface area (Å²) in [6.45, 7) is 1.99. The molecule has 0 saturated carbocycles. The molecule has 0 aliphatic rings. The van der Waals surface area contributed by atoms with Crippen LogP contribution in [0.25, 0.3) is 0 Å². The Labute approximate surface area is 115 Å². The second-order valence-electron chi connectivity index (χ2n) is 4.39. The van der Waals surface area contributed by atoms with Crippen molar-refractivity contribution in [2.24, 2.45) is 7.05 Å². The molecule has 0 atom stereocenters. The lowest BCUT2D eigenvalue weighted by Gasteiger charge is -2.04. The summed E-state index contributed by atoms with van der Waals surface area (Å²) >= 11 is 3.42. The van der Waals surface area contributed by atoms with Gasteiger partial charge in [-0.15, -0.1) is 0 Å². The Morgan fingerprint density at radius 2 is 2.17 bits per heavy atom. The van der Waals surface area contributed by atoms with Crippen LogP contribution in [-0.4, -0.2) is 15.6 Å². The standard InChI is InChI=1S/C14H15BrN2O/c1-10-7-11(9-12(15)8-10)14(18)4-3-13-5-6-16-17(13)2/h5-9H,3-4H2,1-2H3. The lowest BCUT2D eigenvalue weighted by Crippen LogP contribution is -2.05. The van der Waals surface area contributed by atoms with Crippen LogP contribution in [0, 0.1) is 6.92 Å². The van der Waals surface area contributed by atoms with Crippen LogP contribution in [0.3, 0.4) is 0 Å². The minimum absolute atomic E-state index is 0.167. The summed E-state index contributed by atoms with van der Waals surface area (Å²) in [4.78, 5) is 12.1. The number of halogens is 1. The third kappa shape index (κ3) is 3.07. The summed E-state index contributed by atoms with van der Waals surface area (Å²) in [7, 11) is 1.89. The third-order valence-electron chi connectivity index (χ3n) is 2.89. The Hall–Kier alpha value is -1.42. The summed E-state index contributed by atoms with van der Waals surface area (Å²) < 4.78 is 2.76. The van der Waals surface area contributed by atoms with E-state index in [1.54, 1.807) is 10.9 Å². The van der Waals surface area contributed by atoms with Gasteiger partial charge in [-0.3, -0.25) is 9.48 Å². The van der Waals surface area contributed by atoms with Crippen molar-refractivity contribution in [3.05, 3.63) is 51.8 Å². The van der Waals surface area contributed by atoms with E-state index in [-0.39, 0.29) is 5.78 Å². The molecule has 0 aliphatic heterocycles. The van der Waals surface area contributed by atoms with Crippen LogP contribution in [0.2, 0.25) is 0 Å². The van der Waals surface area contributed by atoms with E-state index in [1.807, 2.05) is 38.2 Å². The van der Waals surface area contributed by atoms with Gasteiger partial charge in [0.25, 0.3) is 0 Å². The number of rotatable bonds is 4. The number of carbonyl (C=O) groups excluding carboxylic acids is 1. The van der Waals surface area contributed by atoms with Crippen molar-refractivity contribution in [2.75, 3.05) is 0 Å². The number of hydrogen-bond donors (Lipinski definition) is 0. The molecule has 18 heavy (non-hydrogen) atoms. The number of hydrogen-bond acceptors (Lipinski definition) is 2. The number of ketones is 1. The molecule has 3 nitrogen and oxygen atoms in total. The van der Waals surface area contributed by atoms with Crippen molar-refractivity contribution in [2.45, 2.75) is 19.8 Å². The molecule has 0 amide bonds. The first-order chi connectivity index (χ1) is 8.56. The topological polar surface area (TPSA) is 34.9 Å². The highest BCUT2D eigenvalue weighted by atomic mass is 79.9. The van der Waals surface area contributed by atoms with Crippen molar-refractivity contribution in [1.29, 1.82) is 0 Å². The minimum Gasteiger partial charge on any atom is -0.294 e. The molecule has 0 fully saturated rings. The van der Waals surface area contributed by atoms with E-state index in [2.05, 4.69) is 21.0 Å². The predicted molar refractivity (Wildman–Crippen MR) is 74.7 cm³/mol. The van der Waals surface area contributed by atoms with Gasteiger partial charge in [0, 0.05) is 35.4 Å². The first-order valence-corrected chi connectivity index (χ1v) is 6.63. The lowest BCUT2D eigenvalue weighted by atomic mass is 10.0. The summed E-state index contributed by atoms with van der Waals surface area (Å²) in [5.41, 5.74) is 2.94. The molecule has 0 aliphatic carbocycles. The smallest absolute Gasteiger partial charge is 0.163 e. The first kappa shape index (κ1) is 13.0. The van der Waals surface area contributed by atoms with E-state index in [0.29, 0.717) is 6.42 Å². The van der Waals surface area contributed by atoms with Crippen molar-refractivity contribution >= 4 is 21.7 Å². The fraction of sp³-hybridized carbons (Fsp3) is 0.286. The molecule has 1 heterocycles. The molecule has 0 spiro atoms. The Balaban J connectivity index is 2.06. The fourth-order valence-corrected chi connectivity index (χ4v) is 2.54. The number of aryl methyl sites for hydroxylation is 3. The average molecular weight is 307 g/mol. The van der Waals surface area contributed by atoms with Crippen molar-refractivity contribution in [1.82, 2.24) is 9.78 Å². The normalized spacial score (nSPS) is 10.6. The van der Waals surface area contributed by atoms with Crippen LogP contribution in [0.1, 0.15) is 28.0 Å². The van der Waals surface area contributed by atoms with E-state index in [9.17, 15) is 4.79 Å². The number of Topliss-reactive ketones (excluding diaryl/α,β-unsaturated/α-hetero) is 1. The maximum absolute atomic E-state index is 12.1. The zero-order chi connectivity index (χ0) is 13.1. The van der Waals surface area contributed by atoms with Crippen LogP contribution in [0.15, 0.2) is 34.9 Å². The molecule has 0 radical (unpaired) electrons.